The molecule has 1 atom stereocenters. The fraction of sp³-hybridized carbons (Fsp3) is 0.615. The van der Waals surface area contributed by atoms with E-state index in [0.29, 0.717) is 5.69 Å². The van der Waals surface area contributed by atoms with Crippen molar-refractivity contribution < 1.29 is 19.2 Å². The Morgan fingerprint density at radius 1 is 1.42 bits per heavy atom. The number of carboxylic acid groups (broad SMARTS) is 1. The van der Waals surface area contributed by atoms with Crippen molar-refractivity contribution in [1.29, 1.82) is 0 Å². The highest BCUT2D eigenvalue weighted by atomic mass is 16.5. The fourth-order valence-electron chi connectivity index (χ4n) is 2.53. The topological polar surface area (TPSA) is 92.4 Å². The predicted octanol–water partition coefficient (Wildman–Crippen LogP) is 2.05. The van der Waals surface area contributed by atoms with Gasteiger partial charge in [-0.05, 0) is 26.7 Å². The van der Waals surface area contributed by atoms with E-state index in [9.17, 15) is 9.59 Å². The summed E-state index contributed by atoms with van der Waals surface area (Å²) in [5, 5.41) is 15.6. The number of carboxylic acids is 1. The van der Waals surface area contributed by atoms with Gasteiger partial charge < -0.3 is 14.9 Å². The molecule has 1 aromatic rings. The maximum absolute atomic E-state index is 12.0. The number of carbonyl (C=O) groups excluding carboxylic acids is 1. The zero-order valence-electron chi connectivity index (χ0n) is 11.1. The molecule has 0 saturated heterocycles. The fourth-order valence-corrected chi connectivity index (χ4v) is 2.53. The molecular weight excluding hydrogens is 248 g/mol. The maximum Gasteiger partial charge on any atom is 0.341 e. The molecule has 1 aromatic heterocycles. The second kappa shape index (κ2) is 5.42. The molecule has 19 heavy (non-hydrogen) atoms. The second-order valence-corrected chi connectivity index (χ2v) is 5.02. The van der Waals surface area contributed by atoms with Crippen LogP contribution in [0.4, 0.5) is 0 Å². The Morgan fingerprint density at radius 2 is 2.05 bits per heavy atom. The number of aryl methyl sites for hydroxylation is 1. The molecule has 1 saturated carbocycles. The number of carbonyl (C=O) groups is 2. The summed E-state index contributed by atoms with van der Waals surface area (Å²) in [6.45, 7) is 3.28. The van der Waals surface area contributed by atoms with Crippen LogP contribution in [-0.4, -0.2) is 22.1 Å². The highest BCUT2D eigenvalue weighted by Gasteiger charge is 2.28. The standard InChI is InChI=1S/C13H18N2O4/c1-7-10(13(17)18)11(19-15-7)8(2)14-12(16)9-5-3-4-6-9/h8-9H,3-6H2,1-2H3,(H,14,16)(H,17,18)/t8-/m1/s1. The van der Waals surface area contributed by atoms with Crippen LogP contribution in [0.15, 0.2) is 4.52 Å². The Bertz CT molecular complexity index is 489. The summed E-state index contributed by atoms with van der Waals surface area (Å²) in [5.74, 6) is -0.873. The smallest absolute Gasteiger partial charge is 0.341 e. The van der Waals surface area contributed by atoms with Crippen LogP contribution in [0.2, 0.25) is 0 Å². The van der Waals surface area contributed by atoms with E-state index in [1.54, 1.807) is 13.8 Å². The van der Waals surface area contributed by atoms with E-state index in [-0.39, 0.29) is 23.1 Å². The minimum atomic E-state index is -1.09. The number of aromatic carboxylic acids is 1. The minimum Gasteiger partial charge on any atom is -0.477 e. The number of amides is 1. The Morgan fingerprint density at radius 3 is 2.63 bits per heavy atom. The van der Waals surface area contributed by atoms with Gasteiger partial charge >= 0.3 is 5.97 Å². The first-order chi connectivity index (χ1) is 9.00. The Kier molecular flexibility index (Phi) is 3.87. The average Bonchev–Trinajstić information content (AvgIpc) is 2.96. The normalized spacial score (nSPS) is 17.4. The largest absolute Gasteiger partial charge is 0.477 e. The molecular formula is C13H18N2O4. The molecule has 6 heteroatoms. The lowest BCUT2D eigenvalue weighted by molar-refractivity contribution is -0.125. The average molecular weight is 266 g/mol. The molecule has 2 rings (SSSR count). The zero-order valence-corrected chi connectivity index (χ0v) is 11.1. The number of hydrogen-bond donors (Lipinski definition) is 2. The van der Waals surface area contributed by atoms with Crippen molar-refractivity contribution in [3.63, 3.8) is 0 Å². The van der Waals surface area contributed by atoms with Gasteiger partial charge in [0.15, 0.2) is 5.76 Å². The quantitative estimate of drug-likeness (QED) is 0.870. The Hall–Kier alpha value is -1.85. The van der Waals surface area contributed by atoms with Crippen LogP contribution in [0.25, 0.3) is 0 Å². The van der Waals surface area contributed by atoms with Gasteiger partial charge in [0.1, 0.15) is 5.56 Å². The number of hydrogen-bond acceptors (Lipinski definition) is 4. The van der Waals surface area contributed by atoms with Crippen molar-refractivity contribution in [3.8, 4) is 0 Å². The van der Waals surface area contributed by atoms with Gasteiger partial charge in [0, 0.05) is 5.92 Å². The summed E-state index contributed by atoms with van der Waals surface area (Å²) in [7, 11) is 0. The molecule has 0 bridgehead atoms. The molecule has 0 radical (unpaired) electrons. The van der Waals surface area contributed by atoms with Gasteiger partial charge in [-0.1, -0.05) is 18.0 Å². The van der Waals surface area contributed by atoms with Crippen molar-refractivity contribution in [2.45, 2.75) is 45.6 Å². The van der Waals surface area contributed by atoms with E-state index in [1.807, 2.05) is 0 Å². The number of rotatable bonds is 4. The van der Waals surface area contributed by atoms with Crippen molar-refractivity contribution in [2.24, 2.45) is 5.92 Å². The summed E-state index contributed by atoms with van der Waals surface area (Å²) in [6, 6.07) is -0.486. The molecule has 6 nitrogen and oxygen atoms in total. The van der Waals surface area contributed by atoms with Gasteiger partial charge in [0.05, 0.1) is 11.7 Å². The molecule has 0 spiro atoms. The van der Waals surface area contributed by atoms with Crippen LogP contribution in [0, 0.1) is 12.8 Å². The van der Waals surface area contributed by atoms with E-state index < -0.39 is 12.0 Å². The molecule has 1 heterocycles. The molecule has 104 valence electrons. The Balaban J connectivity index is 2.09. The van der Waals surface area contributed by atoms with Crippen molar-refractivity contribution in [3.05, 3.63) is 17.0 Å². The first-order valence-corrected chi connectivity index (χ1v) is 6.50. The highest BCUT2D eigenvalue weighted by molar-refractivity contribution is 5.90. The second-order valence-electron chi connectivity index (χ2n) is 5.02. The lowest BCUT2D eigenvalue weighted by Gasteiger charge is -2.15. The summed E-state index contributed by atoms with van der Waals surface area (Å²) in [5.41, 5.74) is 0.365. The summed E-state index contributed by atoms with van der Waals surface area (Å²) < 4.78 is 5.04. The Labute approximate surface area is 111 Å². The van der Waals surface area contributed by atoms with Gasteiger partial charge in [-0.2, -0.15) is 0 Å². The van der Waals surface area contributed by atoms with Gasteiger partial charge in [-0.15, -0.1) is 0 Å². The van der Waals surface area contributed by atoms with Crippen LogP contribution >= 0.6 is 0 Å². The predicted molar refractivity (Wildman–Crippen MR) is 66.7 cm³/mol. The van der Waals surface area contributed by atoms with Crippen LogP contribution in [0.1, 0.15) is 60.5 Å². The molecule has 0 aliphatic heterocycles. The third-order valence-electron chi connectivity index (χ3n) is 3.58. The van der Waals surface area contributed by atoms with Crippen molar-refractivity contribution in [2.75, 3.05) is 0 Å². The van der Waals surface area contributed by atoms with E-state index in [1.165, 1.54) is 0 Å². The zero-order chi connectivity index (χ0) is 14.0. The van der Waals surface area contributed by atoms with Gasteiger partial charge in [-0.25, -0.2) is 4.79 Å². The van der Waals surface area contributed by atoms with Crippen LogP contribution in [-0.2, 0) is 4.79 Å². The number of nitrogens with zero attached hydrogens (tertiary/aromatic N) is 1. The van der Waals surface area contributed by atoms with Crippen LogP contribution < -0.4 is 5.32 Å². The van der Waals surface area contributed by atoms with Crippen LogP contribution in [0.3, 0.4) is 0 Å². The molecule has 1 aliphatic rings. The molecule has 0 aromatic carbocycles. The third kappa shape index (κ3) is 2.77. The van der Waals surface area contributed by atoms with Gasteiger partial charge in [0.2, 0.25) is 5.91 Å². The summed E-state index contributed by atoms with van der Waals surface area (Å²) in [6.07, 6.45) is 3.96. The molecule has 0 unspecified atom stereocenters. The molecule has 1 amide bonds. The maximum atomic E-state index is 12.0. The number of aromatic nitrogens is 1. The van der Waals surface area contributed by atoms with E-state index in [2.05, 4.69) is 10.5 Å². The van der Waals surface area contributed by atoms with Crippen molar-refractivity contribution >= 4 is 11.9 Å². The first kappa shape index (κ1) is 13.6. The highest BCUT2D eigenvalue weighted by Crippen LogP contribution is 2.26. The monoisotopic (exact) mass is 266 g/mol. The summed E-state index contributed by atoms with van der Waals surface area (Å²) >= 11 is 0. The molecule has 1 fully saturated rings. The number of nitrogens with one attached hydrogen (secondary N) is 1. The SMILES string of the molecule is Cc1noc([C@@H](C)NC(=O)C2CCCC2)c1C(=O)O. The van der Waals surface area contributed by atoms with Crippen LogP contribution in [0.5, 0.6) is 0 Å². The molecule has 2 N–H and O–H groups in total. The van der Waals surface area contributed by atoms with Gasteiger partial charge in [0.25, 0.3) is 0 Å². The van der Waals surface area contributed by atoms with E-state index >= 15 is 0 Å². The van der Waals surface area contributed by atoms with Gasteiger partial charge in [-0.3, -0.25) is 4.79 Å². The lowest BCUT2D eigenvalue weighted by atomic mass is 10.1. The minimum absolute atomic E-state index is 0.0320. The lowest BCUT2D eigenvalue weighted by Crippen LogP contribution is -2.32. The van der Waals surface area contributed by atoms with E-state index in [4.69, 9.17) is 9.63 Å². The first-order valence-electron chi connectivity index (χ1n) is 6.50. The summed E-state index contributed by atoms with van der Waals surface area (Å²) in [4.78, 5) is 23.1. The van der Waals surface area contributed by atoms with Crippen molar-refractivity contribution in [1.82, 2.24) is 10.5 Å². The third-order valence-corrected chi connectivity index (χ3v) is 3.58. The molecule has 1 aliphatic carbocycles. The van der Waals surface area contributed by atoms with E-state index in [0.717, 1.165) is 25.7 Å².